The number of hydrogen-bond acceptors (Lipinski definition) is 1. The van der Waals surface area contributed by atoms with Gasteiger partial charge in [-0.2, -0.15) is 0 Å². The lowest BCUT2D eigenvalue weighted by Crippen LogP contribution is -2.02. The summed E-state index contributed by atoms with van der Waals surface area (Å²) in [6, 6.07) is 9.01. The van der Waals surface area contributed by atoms with Crippen LogP contribution in [0.1, 0.15) is 37.3 Å². The van der Waals surface area contributed by atoms with Crippen molar-refractivity contribution in [1.29, 1.82) is 0 Å². The summed E-state index contributed by atoms with van der Waals surface area (Å²) in [5.74, 6) is 0. The van der Waals surface area contributed by atoms with Crippen LogP contribution in [0.5, 0.6) is 0 Å². The smallest absolute Gasteiger partial charge is 0.0688 e. The summed E-state index contributed by atoms with van der Waals surface area (Å²) in [5, 5.41) is 10.5. The van der Waals surface area contributed by atoms with Gasteiger partial charge in [0.05, 0.1) is 6.61 Å². The summed E-state index contributed by atoms with van der Waals surface area (Å²) < 4.78 is 2.39. The minimum Gasteiger partial charge on any atom is -0.392 e. The predicted octanol–water partition coefficient (Wildman–Crippen LogP) is 3.25. The van der Waals surface area contributed by atoms with Gasteiger partial charge in [-0.15, -0.1) is 0 Å². The first-order valence-electron chi connectivity index (χ1n) is 6.09. The van der Waals surface area contributed by atoms with Gasteiger partial charge < -0.3 is 9.67 Å². The van der Waals surface area contributed by atoms with E-state index in [2.05, 4.69) is 22.9 Å². The SMILES string of the molecule is OCc1cccc2c1ccn2C1CCCC1. The number of aliphatic hydroxyl groups excluding tert-OH is 1. The molecule has 2 nitrogen and oxygen atoms in total. The van der Waals surface area contributed by atoms with Crippen LogP contribution in [0.25, 0.3) is 10.9 Å². The second-order valence-electron chi connectivity index (χ2n) is 4.67. The maximum absolute atomic E-state index is 9.30. The minimum absolute atomic E-state index is 0.131. The van der Waals surface area contributed by atoms with Crippen LogP contribution < -0.4 is 0 Å². The molecule has 0 amide bonds. The van der Waals surface area contributed by atoms with Gasteiger partial charge in [-0.1, -0.05) is 25.0 Å². The van der Waals surface area contributed by atoms with Crippen LogP contribution in [0, 0.1) is 0 Å². The van der Waals surface area contributed by atoms with Crippen molar-refractivity contribution in [3.63, 3.8) is 0 Å². The van der Waals surface area contributed by atoms with Crippen LogP contribution in [0.4, 0.5) is 0 Å². The Hall–Kier alpha value is -1.28. The molecule has 16 heavy (non-hydrogen) atoms. The molecule has 0 spiro atoms. The van der Waals surface area contributed by atoms with E-state index in [1.165, 1.54) is 36.6 Å². The van der Waals surface area contributed by atoms with Crippen LogP contribution >= 0.6 is 0 Å². The van der Waals surface area contributed by atoms with E-state index < -0.39 is 0 Å². The molecule has 1 saturated carbocycles. The second-order valence-corrected chi connectivity index (χ2v) is 4.67. The van der Waals surface area contributed by atoms with Crippen LogP contribution in [0.3, 0.4) is 0 Å². The van der Waals surface area contributed by atoms with Gasteiger partial charge in [0.25, 0.3) is 0 Å². The summed E-state index contributed by atoms with van der Waals surface area (Å²) in [5.41, 5.74) is 2.31. The number of fused-ring (bicyclic) bond motifs is 1. The molecular weight excluding hydrogens is 198 g/mol. The maximum atomic E-state index is 9.30. The van der Waals surface area contributed by atoms with E-state index in [0.717, 1.165) is 5.56 Å². The molecule has 3 rings (SSSR count). The summed E-state index contributed by atoms with van der Waals surface area (Å²) in [4.78, 5) is 0. The third-order valence-electron chi connectivity index (χ3n) is 3.74. The highest BCUT2D eigenvalue weighted by atomic mass is 16.3. The number of rotatable bonds is 2. The predicted molar refractivity (Wildman–Crippen MR) is 65.4 cm³/mol. The molecule has 1 aromatic heterocycles. The molecule has 84 valence electrons. The fraction of sp³-hybridized carbons (Fsp3) is 0.429. The number of benzene rings is 1. The third kappa shape index (κ3) is 1.45. The van der Waals surface area contributed by atoms with Crippen molar-refractivity contribution in [1.82, 2.24) is 4.57 Å². The highest BCUT2D eigenvalue weighted by molar-refractivity contribution is 5.83. The molecule has 1 fully saturated rings. The Morgan fingerprint density at radius 3 is 2.75 bits per heavy atom. The molecule has 1 aliphatic carbocycles. The standard InChI is InChI=1S/C14H17NO/c16-10-11-4-3-7-14-13(11)8-9-15(14)12-5-1-2-6-12/h3-4,7-9,12,16H,1-2,5-6,10H2. The van der Waals surface area contributed by atoms with Crippen molar-refractivity contribution in [2.45, 2.75) is 38.3 Å². The van der Waals surface area contributed by atoms with Crippen LogP contribution in [-0.2, 0) is 6.61 Å². The topological polar surface area (TPSA) is 25.2 Å². The largest absolute Gasteiger partial charge is 0.392 e. The van der Waals surface area contributed by atoms with Crippen LogP contribution in [0.2, 0.25) is 0 Å². The van der Waals surface area contributed by atoms with Gasteiger partial charge in [-0.3, -0.25) is 0 Å². The van der Waals surface area contributed by atoms with Gasteiger partial charge in [0.15, 0.2) is 0 Å². The Labute approximate surface area is 95.5 Å². The fourth-order valence-corrected chi connectivity index (χ4v) is 2.89. The molecule has 2 aromatic rings. The average molecular weight is 215 g/mol. The fourth-order valence-electron chi connectivity index (χ4n) is 2.89. The molecule has 1 aliphatic rings. The average Bonchev–Trinajstić information content (AvgIpc) is 2.96. The summed E-state index contributed by atoms with van der Waals surface area (Å²) in [6.45, 7) is 0.131. The van der Waals surface area contributed by atoms with Crippen LogP contribution in [-0.4, -0.2) is 9.67 Å². The van der Waals surface area contributed by atoms with Gasteiger partial charge in [0.1, 0.15) is 0 Å². The van der Waals surface area contributed by atoms with E-state index in [-0.39, 0.29) is 6.61 Å². The van der Waals surface area contributed by atoms with Gasteiger partial charge in [0.2, 0.25) is 0 Å². The zero-order valence-electron chi connectivity index (χ0n) is 9.39. The normalized spacial score (nSPS) is 17.3. The Morgan fingerprint density at radius 1 is 1.19 bits per heavy atom. The number of hydrogen-bond donors (Lipinski definition) is 1. The molecule has 0 saturated heterocycles. The lowest BCUT2D eigenvalue weighted by atomic mass is 10.1. The van der Waals surface area contributed by atoms with Crippen molar-refractivity contribution < 1.29 is 5.11 Å². The van der Waals surface area contributed by atoms with Crippen molar-refractivity contribution in [3.8, 4) is 0 Å². The monoisotopic (exact) mass is 215 g/mol. The minimum atomic E-state index is 0.131. The summed E-state index contributed by atoms with van der Waals surface area (Å²) in [6.07, 6.45) is 7.48. The van der Waals surface area contributed by atoms with Crippen LogP contribution in [0.15, 0.2) is 30.5 Å². The van der Waals surface area contributed by atoms with Gasteiger partial charge >= 0.3 is 0 Å². The van der Waals surface area contributed by atoms with E-state index in [4.69, 9.17) is 0 Å². The van der Waals surface area contributed by atoms with E-state index in [1.54, 1.807) is 0 Å². The molecule has 1 N–H and O–H groups in total. The first kappa shape index (κ1) is 9.91. The zero-order chi connectivity index (χ0) is 11.0. The lowest BCUT2D eigenvalue weighted by molar-refractivity contribution is 0.283. The van der Waals surface area contributed by atoms with Crippen molar-refractivity contribution in [2.24, 2.45) is 0 Å². The van der Waals surface area contributed by atoms with E-state index in [9.17, 15) is 5.11 Å². The van der Waals surface area contributed by atoms with Gasteiger partial charge in [0, 0.05) is 23.1 Å². The van der Waals surface area contributed by atoms with E-state index in [1.807, 2.05) is 12.1 Å². The highest BCUT2D eigenvalue weighted by Gasteiger charge is 2.18. The Morgan fingerprint density at radius 2 is 2.00 bits per heavy atom. The van der Waals surface area contributed by atoms with Gasteiger partial charge in [-0.05, 0) is 30.5 Å². The highest BCUT2D eigenvalue weighted by Crippen LogP contribution is 2.33. The first-order chi connectivity index (χ1) is 7.90. The number of aliphatic hydroxyl groups is 1. The Bertz CT molecular complexity index is 494. The number of nitrogens with zero attached hydrogens (tertiary/aromatic N) is 1. The summed E-state index contributed by atoms with van der Waals surface area (Å²) >= 11 is 0. The molecule has 0 atom stereocenters. The van der Waals surface area contributed by atoms with E-state index >= 15 is 0 Å². The molecular formula is C14H17NO. The maximum Gasteiger partial charge on any atom is 0.0688 e. The Balaban J connectivity index is 2.12. The molecule has 1 heterocycles. The van der Waals surface area contributed by atoms with Crippen molar-refractivity contribution in [3.05, 3.63) is 36.0 Å². The molecule has 2 heteroatoms. The molecule has 0 bridgehead atoms. The quantitative estimate of drug-likeness (QED) is 0.817. The number of aromatic nitrogens is 1. The lowest BCUT2D eigenvalue weighted by Gasteiger charge is -2.13. The van der Waals surface area contributed by atoms with Crippen molar-refractivity contribution >= 4 is 10.9 Å². The molecule has 0 unspecified atom stereocenters. The Kier molecular flexibility index (Phi) is 2.44. The van der Waals surface area contributed by atoms with Crippen molar-refractivity contribution in [2.75, 3.05) is 0 Å². The first-order valence-corrected chi connectivity index (χ1v) is 6.09. The van der Waals surface area contributed by atoms with Gasteiger partial charge in [-0.25, -0.2) is 0 Å². The zero-order valence-corrected chi connectivity index (χ0v) is 9.39. The molecule has 0 radical (unpaired) electrons. The molecule has 1 aromatic carbocycles. The molecule has 0 aliphatic heterocycles. The second kappa shape index (κ2) is 3.95. The summed E-state index contributed by atoms with van der Waals surface area (Å²) in [7, 11) is 0. The van der Waals surface area contributed by atoms with E-state index in [0.29, 0.717) is 6.04 Å². The third-order valence-corrected chi connectivity index (χ3v) is 3.74.